The van der Waals surface area contributed by atoms with Gasteiger partial charge in [0.15, 0.2) is 0 Å². The summed E-state index contributed by atoms with van der Waals surface area (Å²) in [5, 5.41) is 6.24. The third-order valence-corrected chi connectivity index (χ3v) is 7.34. The van der Waals surface area contributed by atoms with Crippen molar-refractivity contribution in [1.29, 1.82) is 0 Å². The predicted octanol–water partition coefficient (Wildman–Crippen LogP) is 3.97. The molecule has 1 saturated carbocycles. The molecule has 0 spiro atoms. The lowest BCUT2D eigenvalue weighted by molar-refractivity contribution is -0.119. The summed E-state index contributed by atoms with van der Waals surface area (Å²) in [5.41, 5.74) is 5.83. The number of benzene rings is 2. The van der Waals surface area contributed by atoms with E-state index in [2.05, 4.69) is 52.5 Å². The van der Waals surface area contributed by atoms with Crippen LogP contribution >= 0.6 is 0 Å². The number of piperazine rings is 1. The van der Waals surface area contributed by atoms with Gasteiger partial charge in [0.2, 0.25) is 0 Å². The van der Waals surface area contributed by atoms with Gasteiger partial charge in [-0.25, -0.2) is 0 Å². The average Bonchev–Trinajstić information content (AvgIpc) is 2.81. The van der Waals surface area contributed by atoms with Gasteiger partial charge >= 0.3 is 0 Å². The van der Waals surface area contributed by atoms with E-state index in [1.54, 1.807) is 7.05 Å². The molecule has 0 unspecified atom stereocenters. The Balaban J connectivity index is 1.16. The van der Waals surface area contributed by atoms with E-state index in [1.807, 2.05) is 36.4 Å². The van der Waals surface area contributed by atoms with Crippen LogP contribution in [0.1, 0.15) is 36.0 Å². The van der Waals surface area contributed by atoms with Gasteiger partial charge in [0, 0.05) is 45.0 Å². The molecule has 176 valence electrons. The van der Waals surface area contributed by atoms with Crippen molar-refractivity contribution in [3.8, 4) is 0 Å². The number of carbonyl (C=O) groups excluding carboxylic acids is 1. The fraction of sp³-hybridized carbons (Fsp3) is 0.464. The monoisotopic (exact) mass is 446 g/mol. The highest BCUT2D eigenvalue weighted by molar-refractivity contribution is 5.97. The number of anilines is 1. The van der Waals surface area contributed by atoms with Crippen LogP contribution in [0.25, 0.3) is 6.08 Å². The molecule has 2 aliphatic rings. The first-order valence-electron chi connectivity index (χ1n) is 12.3. The average molecular weight is 447 g/mol. The summed E-state index contributed by atoms with van der Waals surface area (Å²) in [7, 11) is 1.80. The summed E-state index contributed by atoms with van der Waals surface area (Å²) < 4.78 is 0. The van der Waals surface area contributed by atoms with E-state index in [9.17, 15) is 4.79 Å². The molecule has 2 N–H and O–H groups in total. The number of nitrogens with one attached hydrogen (secondary N) is 2. The molecule has 5 heteroatoms. The van der Waals surface area contributed by atoms with Crippen molar-refractivity contribution in [2.24, 2.45) is 5.92 Å². The van der Waals surface area contributed by atoms with Gasteiger partial charge in [0.25, 0.3) is 5.91 Å². The molecule has 1 aliphatic carbocycles. The smallest absolute Gasteiger partial charge is 0.267 e. The Hall–Kier alpha value is -2.79. The van der Waals surface area contributed by atoms with Gasteiger partial charge in [0.1, 0.15) is 5.70 Å². The zero-order valence-electron chi connectivity index (χ0n) is 20.3. The molecule has 0 bridgehead atoms. The largest absolute Gasteiger partial charge is 0.384 e. The molecule has 4 rings (SSSR count). The maximum atomic E-state index is 12.6. The lowest BCUT2D eigenvalue weighted by Crippen LogP contribution is -2.49. The summed E-state index contributed by atoms with van der Waals surface area (Å²) >= 11 is 0. The van der Waals surface area contributed by atoms with E-state index in [-0.39, 0.29) is 5.91 Å². The van der Waals surface area contributed by atoms with Crippen LogP contribution in [0.15, 0.2) is 54.2 Å². The highest BCUT2D eigenvalue weighted by atomic mass is 16.2. The van der Waals surface area contributed by atoms with Crippen molar-refractivity contribution < 1.29 is 4.79 Å². The fourth-order valence-corrected chi connectivity index (χ4v) is 4.98. The zero-order valence-corrected chi connectivity index (χ0v) is 20.3. The second-order valence-electron chi connectivity index (χ2n) is 9.56. The third-order valence-electron chi connectivity index (χ3n) is 7.34. The third kappa shape index (κ3) is 5.97. The van der Waals surface area contributed by atoms with Gasteiger partial charge in [-0.2, -0.15) is 0 Å². The number of nitrogens with zero attached hydrogens (tertiary/aromatic N) is 2. The van der Waals surface area contributed by atoms with Gasteiger partial charge in [-0.15, -0.1) is 0 Å². The van der Waals surface area contributed by atoms with Crippen molar-refractivity contribution in [3.63, 3.8) is 0 Å². The fourth-order valence-electron chi connectivity index (χ4n) is 4.98. The predicted molar refractivity (Wildman–Crippen MR) is 137 cm³/mol. The van der Waals surface area contributed by atoms with Crippen LogP contribution in [-0.2, 0) is 4.79 Å². The van der Waals surface area contributed by atoms with Crippen molar-refractivity contribution >= 4 is 17.7 Å². The van der Waals surface area contributed by atoms with Gasteiger partial charge in [-0.05, 0) is 74.4 Å². The Kier molecular flexibility index (Phi) is 7.71. The highest BCUT2D eigenvalue weighted by Gasteiger charge is 2.31. The molecule has 5 nitrogen and oxygen atoms in total. The topological polar surface area (TPSA) is 47.6 Å². The lowest BCUT2D eigenvalue weighted by Gasteiger charge is -2.40. The molecule has 1 saturated heterocycles. The summed E-state index contributed by atoms with van der Waals surface area (Å²) in [4.78, 5) is 17.8. The molecule has 2 aromatic rings. The quantitative estimate of drug-likeness (QED) is 0.603. The summed E-state index contributed by atoms with van der Waals surface area (Å²) in [6, 6.07) is 16.9. The summed E-state index contributed by atoms with van der Waals surface area (Å²) in [5.74, 6) is 0.718. The lowest BCUT2D eigenvalue weighted by atomic mass is 9.78. The first kappa shape index (κ1) is 23.4. The molecule has 33 heavy (non-hydrogen) atoms. The van der Waals surface area contributed by atoms with E-state index >= 15 is 0 Å². The van der Waals surface area contributed by atoms with Crippen molar-refractivity contribution in [1.82, 2.24) is 15.5 Å². The SMILES string of the molecule is CN/C(=C\c1ccccc1)C(=O)NC1CC(CCN2CCN(c3cccc(C)c3C)CC2)C1. The van der Waals surface area contributed by atoms with Gasteiger partial charge < -0.3 is 15.5 Å². The Bertz CT molecular complexity index is 957. The molecular weight excluding hydrogens is 408 g/mol. The van der Waals surface area contributed by atoms with Crippen LogP contribution in [0.2, 0.25) is 0 Å². The van der Waals surface area contributed by atoms with Crippen LogP contribution in [-0.4, -0.2) is 56.6 Å². The van der Waals surface area contributed by atoms with Crippen molar-refractivity contribution in [2.45, 2.75) is 39.2 Å². The van der Waals surface area contributed by atoms with E-state index in [4.69, 9.17) is 0 Å². The molecule has 2 fully saturated rings. The molecule has 1 aliphatic heterocycles. The molecule has 2 aromatic carbocycles. The van der Waals surface area contributed by atoms with Crippen LogP contribution in [0, 0.1) is 19.8 Å². The van der Waals surface area contributed by atoms with Crippen molar-refractivity contribution in [2.75, 3.05) is 44.7 Å². The van der Waals surface area contributed by atoms with E-state index < -0.39 is 0 Å². The second-order valence-corrected chi connectivity index (χ2v) is 9.56. The molecule has 1 amide bonds. The first-order valence-corrected chi connectivity index (χ1v) is 12.3. The van der Waals surface area contributed by atoms with Crippen molar-refractivity contribution in [3.05, 3.63) is 70.9 Å². The standard InChI is InChI=1S/C28H38N4O/c1-21-8-7-11-27(22(21)2)32-16-14-31(15-17-32)13-12-24-18-25(19-24)30-28(33)26(29-3)20-23-9-5-4-6-10-23/h4-11,20,24-25,29H,12-19H2,1-3H3,(H,30,33)/b26-20-. The molecule has 1 heterocycles. The number of amides is 1. The minimum absolute atomic E-state index is 0.00707. The van der Waals surface area contributed by atoms with E-state index in [1.165, 1.54) is 29.8 Å². The normalized spacial score (nSPS) is 21.4. The van der Waals surface area contributed by atoms with Gasteiger partial charge in [-0.3, -0.25) is 9.69 Å². The Morgan fingerprint density at radius 2 is 1.73 bits per heavy atom. The van der Waals surface area contributed by atoms with Gasteiger partial charge in [-0.1, -0.05) is 42.5 Å². The molecular formula is C28H38N4O. The number of carbonyl (C=O) groups is 1. The first-order chi connectivity index (χ1) is 16.0. The Morgan fingerprint density at radius 3 is 2.42 bits per heavy atom. The van der Waals surface area contributed by atoms with E-state index in [0.29, 0.717) is 11.7 Å². The molecule has 0 atom stereocenters. The minimum atomic E-state index is -0.00707. The van der Waals surface area contributed by atoms with E-state index in [0.717, 1.165) is 50.5 Å². The van der Waals surface area contributed by atoms with Crippen LogP contribution in [0.3, 0.4) is 0 Å². The molecule has 0 radical (unpaired) electrons. The van der Waals surface area contributed by atoms with Crippen LogP contribution < -0.4 is 15.5 Å². The van der Waals surface area contributed by atoms with Crippen LogP contribution in [0.4, 0.5) is 5.69 Å². The van der Waals surface area contributed by atoms with Crippen LogP contribution in [0.5, 0.6) is 0 Å². The number of rotatable bonds is 8. The highest BCUT2D eigenvalue weighted by Crippen LogP contribution is 2.31. The summed E-state index contributed by atoms with van der Waals surface area (Å²) in [6.45, 7) is 10.1. The summed E-state index contributed by atoms with van der Waals surface area (Å²) in [6.07, 6.45) is 5.32. The maximum Gasteiger partial charge on any atom is 0.267 e. The Labute approximate surface area is 198 Å². The second kappa shape index (κ2) is 10.9. The van der Waals surface area contributed by atoms with Gasteiger partial charge in [0.05, 0.1) is 0 Å². The zero-order chi connectivity index (χ0) is 23.2. The Morgan fingerprint density at radius 1 is 1.00 bits per heavy atom. The number of hydrogen-bond acceptors (Lipinski definition) is 4. The molecule has 0 aromatic heterocycles. The number of hydrogen-bond donors (Lipinski definition) is 2. The minimum Gasteiger partial charge on any atom is -0.384 e. The number of likely N-dealkylation sites (N-methyl/N-ethyl adjacent to an activating group) is 1. The maximum absolute atomic E-state index is 12.6. The number of aryl methyl sites for hydroxylation is 1.